The Labute approximate surface area is 241 Å². The number of ether oxygens (including phenoxy) is 4. The largest absolute Gasteiger partial charge is 0.492 e. The van der Waals surface area contributed by atoms with Crippen LogP contribution in [0, 0.1) is 11.2 Å². The molecule has 1 unspecified atom stereocenters. The van der Waals surface area contributed by atoms with Crippen LogP contribution in [0.25, 0.3) is 0 Å². The number of Topliss-reactive ketones (excluding diaryl/α,β-unsaturated/α-hetero) is 1. The third kappa shape index (κ3) is 9.56. The number of hydrogen-bond donors (Lipinski definition) is 1. The van der Waals surface area contributed by atoms with Gasteiger partial charge in [-0.15, -0.1) is 0 Å². The summed E-state index contributed by atoms with van der Waals surface area (Å²) < 4.78 is 36.2. The number of hydrogen-bond acceptors (Lipinski definition) is 7. The standard InChI is InChI=1S/C32H42FNO7/c1-30(2,3)41-29(37)31(4,5)15-17-40-32(6,7)14-16-34-27(35)20-38-23-12-13-24-26(18-23)39-19-25(28(24)36)21-8-10-22(33)11-9-21/h8-13,18,25H,14-17,19-20H2,1-7H3,(H,34,35). The molecule has 224 valence electrons. The number of benzene rings is 2. The van der Waals surface area contributed by atoms with Gasteiger partial charge in [-0.05, 0) is 91.1 Å². The molecule has 0 spiro atoms. The zero-order chi connectivity index (χ0) is 30.4. The first-order valence-corrected chi connectivity index (χ1v) is 13.9. The van der Waals surface area contributed by atoms with Crippen molar-refractivity contribution < 1.29 is 37.7 Å². The summed E-state index contributed by atoms with van der Waals surface area (Å²) in [6, 6.07) is 10.7. The van der Waals surface area contributed by atoms with Gasteiger partial charge in [0, 0.05) is 19.2 Å². The molecule has 1 amide bonds. The topological polar surface area (TPSA) is 100 Å². The first-order valence-electron chi connectivity index (χ1n) is 13.9. The van der Waals surface area contributed by atoms with Crippen molar-refractivity contribution in [2.24, 2.45) is 5.41 Å². The number of esters is 1. The van der Waals surface area contributed by atoms with Crippen LogP contribution < -0.4 is 14.8 Å². The summed E-state index contributed by atoms with van der Waals surface area (Å²) in [5, 5.41) is 2.83. The van der Waals surface area contributed by atoms with E-state index in [1.165, 1.54) is 12.1 Å². The molecule has 0 bridgehead atoms. The lowest BCUT2D eigenvalue weighted by Gasteiger charge is -2.30. The minimum absolute atomic E-state index is 0.111. The molecule has 0 radical (unpaired) electrons. The molecule has 0 aromatic heterocycles. The summed E-state index contributed by atoms with van der Waals surface area (Å²) >= 11 is 0. The molecule has 0 saturated carbocycles. The molecule has 0 saturated heterocycles. The number of carbonyl (C=O) groups is 3. The Kier molecular flexibility index (Phi) is 10.2. The number of amides is 1. The minimum Gasteiger partial charge on any atom is -0.492 e. The second-order valence-corrected chi connectivity index (χ2v) is 12.6. The van der Waals surface area contributed by atoms with E-state index in [-0.39, 0.29) is 36.7 Å². The lowest BCUT2D eigenvalue weighted by Crippen LogP contribution is -2.37. The van der Waals surface area contributed by atoms with Crippen LogP contribution in [0.15, 0.2) is 42.5 Å². The number of ketones is 1. The highest BCUT2D eigenvalue weighted by atomic mass is 19.1. The average molecular weight is 572 g/mol. The lowest BCUT2D eigenvalue weighted by molar-refractivity contribution is -0.167. The van der Waals surface area contributed by atoms with E-state index in [0.29, 0.717) is 48.6 Å². The van der Waals surface area contributed by atoms with E-state index in [1.54, 1.807) is 30.3 Å². The van der Waals surface area contributed by atoms with Gasteiger partial charge in [0.15, 0.2) is 12.4 Å². The summed E-state index contributed by atoms with van der Waals surface area (Å²) in [5.41, 5.74) is -0.615. The molecule has 41 heavy (non-hydrogen) atoms. The van der Waals surface area contributed by atoms with Gasteiger partial charge in [0.05, 0.1) is 22.5 Å². The van der Waals surface area contributed by atoms with Gasteiger partial charge in [0.1, 0.15) is 29.5 Å². The second kappa shape index (κ2) is 13.0. The predicted molar refractivity (Wildman–Crippen MR) is 153 cm³/mol. The van der Waals surface area contributed by atoms with Crippen LogP contribution >= 0.6 is 0 Å². The van der Waals surface area contributed by atoms with Gasteiger partial charge in [0.2, 0.25) is 0 Å². The first kappa shape index (κ1) is 32.1. The van der Waals surface area contributed by atoms with Crippen molar-refractivity contribution >= 4 is 17.7 Å². The van der Waals surface area contributed by atoms with Gasteiger partial charge >= 0.3 is 5.97 Å². The molecule has 1 atom stereocenters. The van der Waals surface area contributed by atoms with Crippen LogP contribution in [0.1, 0.15) is 83.1 Å². The van der Waals surface area contributed by atoms with Crippen LogP contribution in [-0.2, 0) is 19.1 Å². The highest BCUT2D eigenvalue weighted by Crippen LogP contribution is 2.35. The predicted octanol–water partition coefficient (Wildman–Crippen LogP) is 5.62. The quantitative estimate of drug-likeness (QED) is 0.330. The van der Waals surface area contributed by atoms with Crippen molar-refractivity contribution in [2.75, 3.05) is 26.4 Å². The monoisotopic (exact) mass is 571 g/mol. The summed E-state index contributed by atoms with van der Waals surface area (Å²) in [5.74, 6) is -0.741. The highest BCUT2D eigenvalue weighted by molar-refractivity contribution is 6.04. The van der Waals surface area contributed by atoms with Crippen molar-refractivity contribution in [1.29, 1.82) is 0 Å². The molecule has 2 aromatic carbocycles. The molecule has 9 heteroatoms. The van der Waals surface area contributed by atoms with Crippen molar-refractivity contribution in [2.45, 2.75) is 78.4 Å². The second-order valence-electron chi connectivity index (χ2n) is 12.6. The molecule has 1 heterocycles. The van der Waals surface area contributed by atoms with Crippen molar-refractivity contribution in [3.05, 3.63) is 59.4 Å². The Morgan fingerprint density at radius 1 is 1.00 bits per heavy atom. The zero-order valence-corrected chi connectivity index (χ0v) is 25.1. The number of fused-ring (bicyclic) bond motifs is 1. The number of halogens is 1. The fourth-order valence-electron chi connectivity index (χ4n) is 4.17. The fourth-order valence-corrected chi connectivity index (χ4v) is 4.17. The maximum atomic E-state index is 13.2. The molecule has 0 fully saturated rings. The maximum Gasteiger partial charge on any atom is 0.312 e. The van der Waals surface area contributed by atoms with Gasteiger partial charge in [-0.25, -0.2) is 4.39 Å². The minimum atomic E-state index is -0.672. The van der Waals surface area contributed by atoms with Crippen molar-refractivity contribution in [1.82, 2.24) is 5.32 Å². The average Bonchev–Trinajstić information content (AvgIpc) is 2.87. The third-order valence-corrected chi connectivity index (χ3v) is 6.80. The van der Waals surface area contributed by atoms with Gasteiger partial charge in [-0.3, -0.25) is 14.4 Å². The number of carbonyl (C=O) groups excluding carboxylic acids is 3. The molecule has 1 aliphatic rings. The van der Waals surface area contributed by atoms with E-state index in [2.05, 4.69) is 5.32 Å². The van der Waals surface area contributed by atoms with Crippen LogP contribution in [0.5, 0.6) is 11.5 Å². The first-order chi connectivity index (χ1) is 19.1. The Hall–Kier alpha value is -3.46. The van der Waals surface area contributed by atoms with Crippen molar-refractivity contribution in [3.63, 3.8) is 0 Å². The van der Waals surface area contributed by atoms with Gasteiger partial charge < -0.3 is 24.3 Å². The molecule has 0 aliphatic carbocycles. The summed E-state index contributed by atoms with van der Waals surface area (Å²) in [7, 11) is 0. The van der Waals surface area contributed by atoms with Crippen LogP contribution in [0.3, 0.4) is 0 Å². The molecule has 1 N–H and O–H groups in total. The highest BCUT2D eigenvalue weighted by Gasteiger charge is 2.33. The van der Waals surface area contributed by atoms with E-state index in [4.69, 9.17) is 18.9 Å². The Balaban J connectivity index is 1.40. The zero-order valence-electron chi connectivity index (χ0n) is 25.1. The van der Waals surface area contributed by atoms with Gasteiger partial charge in [-0.1, -0.05) is 12.1 Å². The van der Waals surface area contributed by atoms with E-state index in [1.807, 2.05) is 48.5 Å². The molecule has 8 nitrogen and oxygen atoms in total. The van der Waals surface area contributed by atoms with Crippen LogP contribution in [0.2, 0.25) is 0 Å². The Bertz CT molecular complexity index is 1230. The number of nitrogens with one attached hydrogen (secondary N) is 1. The Morgan fingerprint density at radius 3 is 2.34 bits per heavy atom. The summed E-state index contributed by atoms with van der Waals surface area (Å²) in [4.78, 5) is 37.8. The molecule has 1 aliphatic heterocycles. The third-order valence-electron chi connectivity index (χ3n) is 6.80. The molecule has 2 aromatic rings. The van der Waals surface area contributed by atoms with E-state index < -0.39 is 22.5 Å². The molecular formula is C32H42FNO7. The number of rotatable bonds is 12. The van der Waals surface area contributed by atoms with E-state index in [9.17, 15) is 18.8 Å². The SMILES string of the molecule is CC(C)(C)OC(=O)C(C)(C)CCOC(C)(C)CCNC(=O)COc1ccc2c(c1)OCC(c1ccc(F)cc1)C2=O. The van der Waals surface area contributed by atoms with Gasteiger partial charge in [-0.2, -0.15) is 0 Å². The van der Waals surface area contributed by atoms with E-state index in [0.717, 1.165) is 0 Å². The van der Waals surface area contributed by atoms with Crippen LogP contribution in [-0.4, -0.2) is 55.2 Å². The summed E-state index contributed by atoms with van der Waals surface area (Å²) in [6.07, 6.45) is 1.07. The summed E-state index contributed by atoms with van der Waals surface area (Å²) in [6.45, 7) is 13.8. The molecular weight excluding hydrogens is 529 g/mol. The van der Waals surface area contributed by atoms with E-state index >= 15 is 0 Å². The lowest BCUT2D eigenvalue weighted by atomic mass is 9.89. The smallest absolute Gasteiger partial charge is 0.312 e. The van der Waals surface area contributed by atoms with Crippen molar-refractivity contribution in [3.8, 4) is 11.5 Å². The Morgan fingerprint density at radius 2 is 1.68 bits per heavy atom. The fraction of sp³-hybridized carbons (Fsp3) is 0.531. The van der Waals surface area contributed by atoms with Gasteiger partial charge in [0.25, 0.3) is 5.91 Å². The van der Waals surface area contributed by atoms with Crippen LogP contribution in [0.4, 0.5) is 4.39 Å². The normalized spacial score (nSPS) is 15.5. The molecule has 3 rings (SSSR count). The maximum absolute atomic E-state index is 13.2.